The zero-order valence-electron chi connectivity index (χ0n) is 9.29. The summed E-state index contributed by atoms with van der Waals surface area (Å²) < 4.78 is 1.90. The van der Waals surface area contributed by atoms with Crippen LogP contribution in [0.4, 0.5) is 0 Å². The van der Waals surface area contributed by atoms with Gasteiger partial charge in [-0.3, -0.25) is 0 Å². The van der Waals surface area contributed by atoms with Crippen LogP contribution in [0.1, 0.15) is 29.2 Å². The van der Waals surface area contributed by atoms with Gasteiger partial charge in [0.1, 0.15) is 0 Å². The molecule has 17 heavy (non-hydrogen) atoms. The standard InChI is InChI=1S/C13H13BrN2S/c14-10-3-4-12-8(5-10)1-2-9(12)6-11-7-15-13(17)16-11/h3-5,7,9H,1-2,6H2,(H2,15,16,17). The van der Waals surface area contributed by atoms with Crippen LogP contribution in [0.2, 0.25) is 0 Å². The van der Waals surface area contributed by atoms with Crippen molar-refractivity contribution in [3.8, 4) is 0 Å². The van der Waals surface area contributed by atoms with Crippen molar-refractivity contribution in [3.63, 3.8) is 0 Å². The van der Waals surface area contributed by atoms with E-state index >= 15 is 0 Å². The number of halogens is 1. The minimum absolute atomic E-state index is 0.625. The lowest BCUT2D eigenvalue weighted by Gasteiger charge is -2.10. The lowest BCUT2D eigenvalue weighted by atomic mass is 9.97. The van der Waals surface area contributed by atoms with Crippen LogP contribution in [0.15, 0.2) is 28.9 Å². The Morgan fingerprint density at radius 1 is 1.41 bits per heavy atom. The molecule has 2 nitrogen and oxygen atoms in total. The van der Waals surface area contributed by atoms with Crippen LogP contribution in [0.5, 0.6) is 0 Å². The number of aromatic nitrogens is 2. The molecule has 0 fully saturated rings. The second kappa shape index (κ2) is 4.42. The van der Waals surface area contributed by atoms with Crippen molar-refractivity contribution < 1.29 is 0 Å². The number of imidazole rings is 1. The zero-order chi connectivity index (χ0) is 11.8. The van der Waals surface area contributed by atoms with Gasteiger partial charge in [0.05, 0.1) is 0 Å². The highest BCUT2D eigenvalue weighted by molar-refractivity contribution is 9.10. The predicted octanol–water partition coefficient (Wildman–Crippen LogP) is 4.11. The molecule has 4 heteroatoms. The van der Waals surface area contributed by atoms with E-state index < -0.39 is 0 Å². The number of aromatic amines is 2. The van der Waals surface area contributed by atoms with E-state index in [1.165, 1.54) is 34.1 Å². The van der Waals surface area contributed by atoms with Gasteiger partial charge in [0.15, 0.2) is 4.77 Å². The average Bonchev–Trinajstić information content (AvgIpc) is 2.86. The molecule has 88 valence electrons. The first-order valence-corrected chi connectivity index (χ1v) is 6.97. The van der Waals surface area contributed by atoms with Crippen LogP contribution in [0.3, 0.4) is 0 Å². The molecule has 0 amide bonds. The molecule has 0 saturated heterocycles. The molecule has 1 aliphatic carbocycles. The molecule has 0 spiro atoms. The number of hydrogen-bond acceptors (Lipinski definition) is 1. The molecule has 0 saturated carbocycles. The lowest BCUT2D eigenvalue weighted by Crippen LogP contribution is -1.98. The van der Waals surface area contributed by atoms with Crippen molar-refractivity contribution in [2.24, 2.45) is 0 Å². The lowest BCUT2D eigenvalue weighted by molar-refractivity contribution is 0.665. The van der Waals surface area contributed by atoms with E-state index in [9.17, 15) is 0 Å². The topological polar surface area (TPSA) is 31.6 Å². The molecule has 3 rings (SSSR count). The number of hydrogen-bond donors (Lipinski definition) is 2. The maximum atomic E-state index is 5.05. The van der Waals surface area contributed by atoms with Crippen molar-refractivity contribution in [3.05, 3.63) is 50.5 Å². The normalized spacial score (nSPS) is 18.3. The van der Waals surface area contributed by atoms with E-state index in [2.05, 4.69) is 44.1 Å². The Balaban J connectivity index is 1.86. The average molecular weight is 309 g/mol. The molecule has 0 aliphatic heterocycles. The largest absolute Gasteiger partial charge is 0.337 e. The maximum absolute atomic E-state index is 5.05. The van der Waals surface area contributed by atoms with E-state index in [1.807, 2.05) is 6.20 Å². The fourth-order valence-corrected chi connectivity index (χ4v) is 3.23. The molecule has 1 unspecified atom stereocenters. The summed E-state index contributed by atoms with van der Waals surface area (Å²) in [7, 11) is 0. The Morgan fingerprint density at radius 2 is 2.29 bits per heavy atom. The third-order valence-corrected chi connectivity index (χ3v) is 4.14. The second-order valence-electron chi connectivity index (χ2n) is 4.55. The molecular weight excluding hydrogens is 296 g/mol. The van der Waals surface area contributed by atoms with Gasteiger partial charge in [-0.1, -0.05) is 22.0 Å². The summed E-state index contributed by atoms with van der Waals surface area (Å²) in [5, 5.41) is 0. The summed E-state index contributed by atoms with van der Waals surface area (Å²) in [6.07, 6.45) is 5.45. The smallest absolute Gasteiger partial charge is 0.174 e. The number of rotatable bonds is 2. The first kappa shape index (κ1) is 11.2. The van der Waals surface area contributed by atoms with Gasteiger partial charge in [0, 0.05) is 16.4 Å². The van der Waals surface area contributed by atoms with Gasteiger partial charge in [0.25, 0.3) is 0 Å². The Bertz CT molecular complexity index is 599. The third-order valence-electron chi connectivity index (χ3n) is 3.42. The first-order chi connectivity index (χ1) is 8.22. The van der Waals surface area contributed by atoms with Crippen LogP contribution >= 0.6 is 28.1 Å². The highest BCUT2D eigenvalue weighted by Gasteiger charge is 2.22. The molecule has 1 aromatic heterocycles. The molecule has 2 N–H and O–H groups in total. The third kappa shape index (κ3) is 2.24. The summed E-state index contributed by atoms with van der Waals surface area (Å²) in [6, 6.07) is 6.63. The first-order valence-electron chi connectivity index (χ1n) is 5.77. The summed E-state index contributed by atoms with van der Waals surface area (Å²) in [6.45, 7) is 0. The van der Waals surface area contributed by atoms with E-state index in [4.69, 9.17) is 12.2 Å². The highest BCUT2D eigenvalue weighted by Crippen LogP contribution is 2.36. The predicted molar refractivity (Wildman–Crippen MR) is 74.9 cm³/mol. The van der Waals surface area contributed by atoms with Gasteiger partial charge in [-0.05, 0) is 60.7 Å². The van der Waals surface area contributed by atoms with Gasteiger partial charge < -0.3 is 9.97 Å². The van der Waals surface area contributed by atoms with Crippen LogP contribution in [-0.2, 0) is 12.8 Å². The van der Waals surface area contributed by atoms with Crippen LogP contribution < -0.4 is 0 Å². The minimum atomic E-state index is 0.625. The van der Waals surface area contributed by atoms with Crippen molar-refractivity contribution >= 4 is 28.1 Å². The number of benzene rings is 1. The number of fused-ring (bicyclic) bond motifs is 1. The van der Waals surface area contributed by atoms with E-state index in [0.29, 0.717) is 10.7 Å². The molecule has 1 aliphatic rings. The Kier molecular flexibility index (Phi) is 2.92. The van der Waals surface area contributed by atoms with E-state index in [-0.39, 0.29) is 0 Å². The second-order valence-corrected chi connectivity index (χ2v) is 5.87. The molecule has 1 aromatic carbocycles. The molecule has 1 atom stereocenters. The van der Waals surface area contributed by atoms with Gasteiger partial charge >= 0.3 is 0 Å². The minimum Gasteiger partial charge on any atom is -0.337 e. The van der Waals surface area contributed by atoms with Crippen molar-refractivity contribution in [1.29, 1.82) is 0 Å². The number of H-pyrrole nitrogens is 2. The van der Waals surface area contributed by atoms with Gasteiger partial charge in [-0.2, -0.15) is 0 Å². The maximum Gasteiger partial charge on any atom is 0.174 e. The number of nitrogens with one attached hydrogen (secondary N) is 2. The molecule has 1 heterocycles. The number of aryl methyl sites for hydroxylation is 1. The van der Waals surface area contributed by atoms with Gasteiger partial charge in [0.2, 0.25) is 0 Å². The zero-order valence-corrected chi connectivity index (χ0v) is 11.7. The molecule has 2 aromatic rings. The monoisotopic (exact) mass is 308 g/mol. The van der Waals surface area contributed by atoms with Gasteiger partial charge in [-0.15, -0.1) is 0 Å². The summed E-state index contributed by atoms with van der Waals surface area (Å²) in [5.74, 6) is 0.625. The van der Waals surface area contributed by atoms with Gasteiger partial charge in [-0.25, -0.2) is 0 Å². The summed E-state index contributed by atoms with van der Waals surface area (Å²) in [5.41, 5.74) is 4.18. The van der Waals surface area contributed by atoms with Crippen molar-refractivity contribution in [1.82, 2.24) is 9.97 Å². The SMILES string of the molecule is S=c1[nH]cc(CC2CCc3cc(Br)ccc32)[nH]1. The molecular formula is C13H13BrN2S. The van der Waals surface area contributed by atoms with Crippen LogP contribution in [-0.4, -0.2) is 9.97 Å². The van der Waals surface area contributed by atoms with Crippen LogP contribution in [0.25, 0.3) is 0 Å². The fourth-order valence-electron chi connectivity index (χ4n) is 2.63. The van der Waals surface area contributed by atoms with Crippen LogP contribution in [0, 0.1) is 4.77 Å². The summed E-state index contributed by atoms with van der Waals surface area (Å²) >= 11 is 8.58. The van der Waals surface area contributed by atoms with Crippen molar-refractivity contribution in [2.75, 3.05) is 0 Å². The Hall–Kier alpha value is -0.870. The molecule has 0 radical (unpaired) electrons. The fraction of sp³-hybridized carbons (Fsp3) is 0.308. The van der Waals surface area contributed by atoms with E-state index in [0.717, 1.165) is 6.42 Å². The van der Waals surface area contributed by atoms with E-state index in [1.54, 1.807) is 0 Å². The summed E-state index contributed by atoms with van der Waals surface area (Å²) in [4.78, 5) is 6.22. The van der Waals surface area contributed by atoms with Crippen molar-refractivity contribution in [2.45, 2.75) is 25.2 Å². The highest BCUT2D eigenvalue weighted by atomic mass is 79.9. The Labute approximate surface area is 114 Å². The Morgan fingerprint density at radius 3 is 3.06 bits per heavy atom. The quantitative estimate of drug-likeness (QED) is 0.804. The molecule has 0 bridgehead atoms.